The van der Waals surface area contributed by atoms with Crippen molar-refractivity contribution in [2.45, 2.75) is 13.3 Å². The van der Waals surface area contributed by atoms with Crippen LogP contribution >= 0.6 is 0 Å². The van der Waals surface area contributed by atoms with E-state index in [0.717, 1.165) is 23.2 Å². The smallest absolute Gasteiger partial charge is 0.338 e. The normalized spacial score (nSPS) is 10.7. The molecule has 0 aliphatic carbocycles. The van der Waals surface area contributed by atoms with Crippen LogP contribution in [-0.4, -0.2) is 23.6 Å². The van der Waals surface area contributed by atoms with Crippen LogP contribution in [-0.2, 0) is 16.0 Å². The van der Waals surface area contributed by atoms with Crippen molar-refractivity contribution < 1.29 is 18.8 Å². The Morgan fingerprint density at radius 2 is 1.77 bits per heavy atom. The fraction of sp³-hybridized carbons (Fsp3) is 0.125. The van der Waals surface area contributed by atoms with Crippen molar-refractivity contribution in [3.8, 4) is 11.3 Å². The van der Waals surface area contributed by atoms with Crippen LogP contribution in [0.25, 0.3) is 22.2 Å². The molecule has 0 radical (unpaired) electrons. The molecule has 4 aromatic rings. The van der Waals surface area contributed by atoms with Crippen molar-refractivity contribution in [1.82, 2.24) is 5.16 Å². The van der Waals surface area contributed by atoms with Crippen LogP contribution < -0.4 is 5.32 Å². The summed E-state index contributed by atoms with van der Waals surface area (Å²) in [6.45, 7) is 1.64. The van der Waals surface area contributed by atoms with Crippen LogP contribution in [0.1, 0.15) is 22.8 Å². The number of para-hydroxylation sites is 1. The highest BCUT2D eigenvalue weighted by molar-refractivity contribution is 6.00. The summed E-state index contributed by atoms with van der Waals surface area (Å²) in [7, 11) is 0. The van der Waals surface area contributed by atoms with E-state index in [4.69, 9.17) is 9.26 Å². The summed E-state index contributed by atoms with van der Waals surface area (Å²) in [5.74, 6) is -0.398. The van der Waals surface area contributed by atoms with Crippen molar-refractivity contribution in [1.29, 1.82) is 0 Å². The first-order valence-corrected chi connectivity index (χ1v) is 9.65. The van der Waals surface area contributed by atoms with Gasteiger partial charge in [-0.2, -0.15) is 0 Å². The van der Waals surface area contributed by atoms with E-state index in [1.165, 1.54) is 0 Å². The SMILES string of the molecule is CCc1ccccc1NC(=O)COC(=O)c1ccc2noc(-c3ccccc3)c2c1. The summed E-state index contributed by atoms with van der Waals surface area (Å²) in [6, 6.07) is 22.0. The Morgan fingerprint density at radius 1 is 1.00 bits per heavy atom. The fourth-order valence-corrected chi connectivity index (χ4v) is 3.22. The van der Waals surface area contributed by atoms with Crippen LogP contribution in [0.2, 0.25) is 0 Å². The third kappa shape index (κ3) is 4.07. The fourth-order valence-electron chi connectivity index (χ4n) is 3.22. The van der Waals surface area contributed by atoms with Gasteiger partial charge in [0.2, 0.25) is 0 Å². The maximum atomic E-state index is 12.5. The minimum Gasteiger partial charge on any atom is -0.452 e. The van der Waals surface area contributed by atoms with Crippen LogP contribution in [0.5, 0.6) is 0 Å². The molecule has 1 amide bonds. The topological polar surface area (TPSA) is 81.4 Å². The van der Waals surface area contributed by atoms with E-state index in [1.807, 2.05) is 61.5 Å². The van der Waals surface area contributed by atoms with Crippen molar-refractivity contribution >= 4 is 28.5 Å². The number of nitrogens with one attached hydrogen (secondary N) is 1. The molecule has 0 bridgehead atoms. The first kappa shape index (κ1) is 19.4. The molecule has 0 saturated carbocycles. The number of aryl methyl sites for hydroxylation is 1. The second kappa shape index (κ2) is 8.61. The summed E-state index contributed by atoms with van der Waals surface area (Å²) in [4.78, 5) is 24.7. The molecular formula is C24H20N2O4. The number of amides is 1. The highest BCUT2D eigenvalue weighted by Crippen LogP contribution is 2.29. The van der Waals surface area contributed by atoms with Gasteiger partial charge in [0.15, 0.2) is 12.4 Å². The molecule has 1 N–H and O–H groups in total. The standard InChI is InChI=1S/C24H20N2O4/c1-2-16-8-6-7-11-20(16)25-22(27)15-29-24(28)18-12-13-21-19(14-18)23(30-26-21)17-9-4-3-5-10-17/h3-14H,2,15H2,1H3,(H,25,27). The highest BCUT2D eigenvalue weighted by atomic mass is 16.5. The minimum absolute atomic E-state index is 0.324. The zero-order valence-corrected chi connectivity index (χ0v) is 16.4. The van der Waals surface area contributed by atoms with E-state index in [2.05, 4.69) is 10.5 Å². The number of nitrogens with zero attached hydrogens (tertiary/aromatic N) is 1. The molecule has 1 aromatic heterocycles. The third-order valence-electron chi connectivity index (χ3n) is 4.75. The number of anilines is 1. The quantitative estimate of drug-likeness (QED) is 0.468. The molecule has 3 aromatic carbocycles. The Bertz CT molecular complexity index is 1200. The molecule has 0 aliphatic heterocycles. The van der Waals surface area contributed by atoms with Gasteiger partial charge in [-0.25, -0.2) is 4.79 Å². The van der Waals surface area contributed by atoms with Crippen molar-refractivity contribution in [3.05, 3.63) is 83.9 Å². The minimum atomic E-state index is -0.587. The largest absolute Gasteiger partial charge is 0.452 e. The summed E-state index contributed by atoms with van der Waals surface area (Å²) in [6.07, 6.45) is 0.790. The first-order valence-electron chi connectivity index (χ1n) is 9.65. The summed E-state index contributed by atoms with van der Waals surface area (Å²) in [5, 5.41) is 7.53. The molecule has 1 heterocycles. The summed E-state index contributed by atoms with van der Waals surface area (Å²) >= 11 is 0. The number of hydrogen-bond acceptors (Lipinski definition) is 5. The summed E-state index contributed by atoms with van der Waals surface area (Å²) < 4.78 is 10.7. The van der Waals surface area contributed by atoms with Crippen molar-refractivity contribution in [2.24, 2.45) is 0 Å². The van der Waals surface area contributed by atoms with E-state index in [1.54, 1.807) is 18.2 Å². The number of carbonyl (C=O) groups is 2. The Hall–Kier alpha value is -3.93. The molecule has 150 valence electrons. The Kier molecular flexibility index (Phi) is 5.57. The highest BCUT2D eigenvalue weighted by Gasteiger charge is 2.16. The van der Waals surface area contributed by atoms with Gasteiger partial charge in [-0.1, -0.05) is 60.6 Å². The van der Waals surface area contributed by atoms with Crippen LogP contribution in [0, 0.1) is 0 Å². The molecule has 0 atom stereocenters. The zero-order chi connectivity index (χ0) is 20.9. The van der Waals surface area contributed by atoms with Gasteiger partial charge < -0.3 is 14.6 Å². The number of fused-ring (bicyclic) bond motifs is 1. The lowest BCUT2D eigenvalue weighted by atomic mass is 10.1. The molecular weight excluding hydrogens is 380 g/mol. The second-order valence-electron chi connectivity index (χ2n) is 6.74. The van der Waals surface area contributed by atoms with Gasteiger partial charge in [-0.15, -0.1) is 0 Å². The zero-order valence-electron chi connectivity index (χ0n) is 16.4. The Morgan fingerprint density at radius 3 is 2.57 bits per heavy atom. The second-order valence-corrected chi connectivity index (χ2v) is 6.74. The van der Waals surface area contributed by atoms with Gasteiger partial charge in [-0.05, 0) is 36.2 Å². The lowest BCUT2D eigenvalue weighted by Gasteiger charge is -2.10. The number of rotatable bonds is 6. The third-order valence-corrected chi connectivity index (χ3v) is 4.75. The molecule has 0 aliphatic rings. The Labute approximate surface area is 173 Å². The predicted molar refractivity (Wildman–Crippen MR) is 114 cm³/mol. The average molecular weight is 400 g/mol. The first-order chi connectivity index (χ1) is 14.7. The van der Waals surface area contributed by atoms with Crippen LogP contribution in [0.15, 0.2) is 77.3 Å². The van der Waals surface area contributed by atoms with Gasteiger partial charge >= 0.3 is 5.97 Å². The monoisotopic (exact) mass is 400 g/mol. The molecule has 4 rings (SSSR count). The average Bonchev–Trinajstić information content (AvgIpc) is 3.21. The van der Waals surface area contributed by atoms with Gasteiger partial charge in [0.25, 0.3) is 5.91 Å². The lowest BCUT2D eigenvalue weighted by molar-refractivity contribution is -0.119. The molecule has 6 nitrogen and oxygen atoms in total. The van der Waals surface area contributed by atoms with Gasteiger partial charge in [-0.3, -0.25) is 4.79 Å². The van der Waals surface area contributed by atoms with Crippen molar-refractivity contribution in [2.75, 3.05) is 11.9 Å². The van der Waals surface area contributed by atoms with E-state index in [0.29, 0.717) is 22.2 Å². The lowest BCUT2D eigenvalue weighted by Crippen LogP contribution is -2.21. The van der Waals surface area contributed by atoms with Crippen LogP contribution in [0.3, 0.4) is 0 Å². The number of aromatic nitrogens is 1. The van der Waals surface area contributed by atoms with Crippen LogP contribution in [0.4, 0.5) is 5.69 Å². The number of esters is 1. The van der Waals surface area contributed by atoms with E-state index in [9.17, 15) is 9.59 Å². The molecule has 6 heteroatoms. The van der Waals surface area contributed by atoms with E-state index in [-0.39, 0.29) is 12.5 Å². The molecule has 0 unspecified atom stereocenters. The number of ether oxygens (including phenoxy) is 1. The van der Waals surface area contributed by atoms with Gasteiger partial charge in [0, 0.05) is 11.3 Å². The number of carbonyl (C=O) groups excluding carboxylic acids is 2. The van der Waals surface area contributed by atoms with Gasteiger partial charge in [0.1, 0.15) is 5.52 Å². The van der Waals surface area contributed by atoms with Gasteiger partial charge in [0.05, 0.1) is 10.9 Å². The van der Waals surface area contributed by atoms with E-state index < -0.39 is 5.97 Å². The number of hydrogen-bond donors (Lipinski definition) is 1. The molecule has 0 spiro atoms. The van der Waals surface area contributed by atoms with Crippen molar-refractivity contribution in [3.63, 3.8) is 0 Å². The molecule has 0 saturated heterocycles. The number of benzene rings is 3. The maximum absolute atomic E-state index is 12.5. The molecule has 30 heavy (non-hydrogen) atoms. The maximum Gasteiger partial charge on any atom is 0.338 e. The van der Waals surface area contributed by atoms with E-state index >= 15 is 0 Å². The Balaban J connectivity index is 1.46. The molecule has 0 fully saturated rings. The predicted octanol–water partition coefficient (Wildman–Crippen LogP) is 4.85. The summed E-state index contributed by atoms with van der Waals surface area (Å²) in [5.41, 5.74) is 3.56.